The third kappa shape index (κ3) is 4.37. The molecule has 21 heavy (non-hydrogen) atoms. The van der Waals surface area contributed by atoms with Gasteiger partial charge in [0.1, 0.15) is 5.82 Å². The third-order valence-corrected chi connectivity index (χ3v) is 2.66. The lowest BCUT2D eigenvalue weighted by Crippen LogP contribution is -2.40. The molecular weight excluding hydrogens is 273 g/mol. The normalized spacial score (nSPS) is 11.4. The maximum atomic E-state index is 13.6. The number of halogens is 1. The van der Waals surface area contributed by atoms with Gasteiger partial charge >= 0.3 is 0 Å². The van der Waals surface area contributed by atoms with E-state index in [9.17, 15) is 9.18 Å². The van der Waals surface area contributed by atoms with Gasteiger partial charge in [0, 0.05) is 18.4 Å². The number of nitrogens with one attached hydrogen (secondary N) is 1. The number of rotatable bonds is 4. The second-order valence-corrected chi connectivity index (χ2v) is 5.79. The van der Waals surface area contributed by atoms with Crippen LogP contribution in [0.15, 0.2) is 28.8 Å². The zero-order chi connectivity index (χ0) is 15.5. The highest BCUT2D eigenvalue weighted by Crippen LogP contribution is 2.19. The van der Waals surface area contributed by atoms with Gasteiger partial charge in [-0.05, 0) is 32.9 Å². The first-order valence-corrected chi connectivity index (χ1v) is 6.74. The van der Waals surface area contributed by atoms with Gasteiger partial charge in [0.25, 0.3) is 0 Å². The summed E-state index contributed by atoms with van der Waals surface area (Å²) < 4.78 is 18.6. The molecule has 1 aromatic carbocycles. The van der Waals surface area contributed by atoms with Crippen LogP contribution in [0.4, 0.5) is 4.39 Å². The molecule has 0 saturated heterocycles. The summed E-state index contributed by atoms with van der Waals surface area (Å²) in [7, 11) is 0. The minimum atomic E-state index is -0.407. The average Bonchev–Trinajstić information content (AvgIpc) is 2.83. The van der Waals surface area contributed by atoms with Crippen LogP contribution >= 0.6 is 0 Å². The molecular formula is C15H18FN3O2. The molecule has 5 nitrogen and oxygen atoms in total. The summed E-state index contributed by atoms with van der Waals surface area (Å²) in [6.45, 7) is 5.73. The largest absolute Gasteiger partial charge is 0.351 e. The molecule has 1 N–H and O–H groups in total. The number of hydrogen-bond acceptors (Lipinski definition) is 4. The monoisotopic (exact) mass is 291 g/mol. The SMILES string of the molecule is CC(C)(C)NC(=O)CCc1nc(-c2ccccc2F)no1. The molecule has 0 atom stereocenters. The van der Waals surface area contributed by atoms with E-state index in [1.54, 1.807) is 18.2 Å². The highest BCUT2D eigenvalue weighted by molar-refractivity contribution is 5.76. The fourth-order valence-corrected chi connectivity index (χ4v) is 1.81. The first-order valence-electron chi connectivity index (χ1n) is 6.74. The molecule has 0 aliphatic carbocycles. The van der Waals surface area contributed by atoms with Crippen molar-refractivity contribution in [3.8, 4) is 11.4 Å². The molecule has 2 aromatic rings. The Balaban J connectivity index is 1.98. The zero-order valence-corrected chi connectivity index (χ0v) is 12.3. The van der Waals surface area contributed by atoms with Crippen LogP contribution < -0.4 is 5.32 Å². The van der Waals surface area contributed by atoms with Gasteiger partial charge in [-0.15, -0.1) is 0 Å². The number of carbonyl (C=O) groups is 1. The van der Waals surface area contributed by atoms with Crippen molar-refractivity contribution in [3.05, 3.63) is 36.0 Å². The fraction of sp³-hybridized carbons (Fsp3) is 0.400. The summed E-state index contributed by atoms with van der Waals surface area (Å²) in [5.74, 6) is 0.0140. The minimum absolute atomic E-state index is 0.0897. The lowest BCUT2D eigenvalue weighted by molar-refractivity contribution is -0.122. The summed E-state index contributed by atoms with van der Waals surface area (Å²) in [6.07, 6.45) is 0.569. The van der Waals surface area contributed by atoms with Crippen molar-refractivity contribution in [2.75, 3.05) is 0 Å². The highest BCUT2D eigenvalue weighted by atomic mass is 19.1. The van der Waals surface area contributed by atoms with Crippen LogP contribution in [0, 0.1) is 5.82 Å². The number of amides is 1. The predicted octanol–water partition coefficient (Wildman–Crippen LogP) is 2.72. The number of carbonyl (C=O) groups excluding carboxylic acids is 1. The summed E-state index contributed by atoms with van der Waals surface area (Å²) >= 11 is 0. The van der Waals surface area contributed by atoms with Gasteiger partial charge < -0.3 is 9.84 Å². The predicted molar refractivity (Wildman–Crippen MR) is 75.9 cm³/mol. The minimum Gasteiger partial charge on any atom is -0.351 e. The van der Waals surface area contributed by atoms with E-state index in [1.165, 1.54) is 6.07 Å². The number of nitrogens with zero attached hydrogens (tertiary/aromatic N) is 2. The maximum absolute atomic E-state index is 13.6. The lowest BCUT2D eigenvalue weighted by atomic mass is 10.1. The van der Waals surface area contributed by atoms with Crippen molar-refractivity contribution in [3.63, 3.8) is 0 Å². The fourth-order valence-electron chi connectivity index (χ4n) is 1.81. The molecule has 1 heterocycles. The van der Waals surface area contributed by atoms with Crippen molar-refractivity contribution in [2.24, 2.45) is 0 Å². The number of benzene rings is 1. The third-order valence-electron chi connectivity index (χ3n) is 2.66. The Hall–Kier alpha value is -2.24. The summed E-state index contributed by atoms with van der Waals surface area (Å²) in [5.41, 5.74) is 0.0104. The van der Waals surface area contributed by atoms with Crippen LogP contribution in [0.5, 0.6) is 0 Å². The number of hydrogen-bond donors (Lipinski definition) is 1. The molecule has 0 radical (unpaired) electrons. The van der Waals surface area contributed by atoms with E-state index in [1.807, 2.05) is 20.8 Å². The van der Waals surface area contributed by atoms with Gasteiger partial charge in [-0.2, -0.15) is 4.98 Å². The molecule has 0 bridgehead atoms. The van der Waals surface area contributed by atoms with Crippen LogP contribution in [0.2, 0.25) is 0 Å². The molecule has 0 fully saturated rings. The molecule has 112 valence electrons. The smallest absolute Gasteiger partial charge is 0.227 e. The standard InChI is InChI=1S/C15H18FN3O2/c1-15(2,3)18-12(20)8-9-13-17-14(19-21-13)10-6-4-5-7-11(10)16/h4-7H,8-9H2,1-3H3,(H,18,20). The van der Waals surface area contributed by atoms with Crippen molar-refractivity contribution in [1.82, 2.24) is 15.5 Å². The first-order chi connectivity index (χ1) is 9.85. The van der Waals surface area contributed by atoms with Gasteiger partial charge in [-0.1, -0.05) is 17.3 Å². The number of aryl methyl sites for hydroxylation is 1. The Labute approximate surface area is 122 Å². The van der Waals surface area contributed by atoms with E-state index in [0.29, 0.717) is 12.3 Å². The second-order valence-electron chi connectivity index (χ2n) is 5.79. The Kier molecular flexibility index (Phi) is 4.35. The van der Waals surface area contributed by atoms with Crippen LogP contribution in [0.25, 0.3) is 11.4 Å². The van der Waals surface area contributed by atoms with Gasteiger partial charge in [0.05, 0.1) is 5.56 Å². The van der Waals surface area contributed by atoms with E-state index in [-0.39, 0.29) is 29.3 Å². The highest BCUT2D eigenvalue weighted by Gasteiger charge is 2.16. The zero-order valence-electron chi connectivity index (χ0n) is 12.3. The Bertz CT molecular complexity index is 632. The molecule has 0 spiro atoms. The van der Waals surface area contributed by atoms with Crippen LogP contribution in [0.1, 0.15) is 33.1 Å². The molecule has 0 aliphatic heterocycles. The van der Waals surface area contributed by atoms with Crippen molar-refractivity contribution in [1.29, 1.82) is 0 Å². The first kappa shape index (κ1) is 15.2. The van der Waals surface area contributed by atoms with Gasteiger partial charge in [-0.3, -0.25) is 4.79 Å². The van der Waals surface area contributed by atoms with Gasteiger partial charge in [-0.25, -0.2) is 4.39 Å². The summed E-state index contributed by atoms with van der Waals surface area (Å²) in [5, 5.41) is 6.59. The Morgan fingerprint density at radius 3 is 2.71 bits per heavy atom. The van der Waals surface area contributed by atoms with Gasteiger partial charge in [0.15, 0.2) is 0 Å². The van der Waals surface area contributed by atoms with Gasteiger partial charge in [0.2, 0.25) is 17.6 Å². The molecule has 0 unspecified atom stereocenters. The van der Waals surface area contributed by atoms with Crippen molar-refractivity contribution >= 4 is 5.91 Å². The lowest BCUT2D eigenvalue weighted by Gasteiger charge is -2.20. The summed E-state index contributed by atoms with van der Waals surface area (Å²) in [6, 6.07) is 6.21. The van der Waals surface area contributed by atoms with Crippen LogP contribution in [-0.2, 0) is 11.2 Å². The van der Waals surface area contributed by atoms with E-state index >= 15 is 0 Å². The summed E-state index contributed by atoms with van der Waals surface area (Å²) in [4.78, 5) is 15.8. The second kappa shape index (κ2) is 6.03. The Morgan fingerprint density at radius 1 is 1.33 bits per heavy atom. The maximum Gasteiger partial charge on any atom is 0.227 e. The van der Waals surface area contributed by atoms with Crippen molar-refractivity contribution < 1.29 is 13.7 Å². The van der Waals surface area contributed by atoms with E-state index in [4.69, 9.17) is 4.52 Å². The molecule has 0 aliphatic rings. The van der Waals surface area contributed by atoms with E-state index in [0.717, 1.165) is 0 Å². The number of aromatic nitrogens is 2. The van der Waals surface area contributed by atoms with Crippen molar-refractivity contribution in [2.45, 2.75) is 39.2 Å². The van der Waals surface area contributed by atoms with E-state index < -0.39 is 5.82 Å². The topological polar surface area (TPSA) is 68.0 Å². The Morgan fingerprint density at radius 2 is 2.05 bits per heavy atom. The quantitative estimate of drug-likeness (QED) is 0.940. The molecule has 1 amide bonds. The van der Waals surface area contributed by atoms with E-state index in [2.05, 4.69) is 15.5 Å². The van der Waals surface area contributed by atoms with Crippen LogP contribution in [0.3, 0.4) is 0 Å². The van der Waals surface area contributed by atoms with Crippen LogP contribution in [-0.4, -0.2) is 21.6 Å². The molecule has 2 rings (SSSR count). The average molecular weight is 291 g/mol. The molecule has 6 heteroatoms. The molecule has 0 saturated carbocycles. The molecule has 1 aromatic heterocycles.